The lowest BCUT2D eigenvalue weighted by Gasteiger charge is -2.23. The summed E-state index contributed by atoms with van der Waals surface area (Å²) in [5.74, 6) is 1.27. The number of nitrogens with two attached hydrogens (primary N) is 1. The Morgan fingerprint density at radius 3 is 2.81 bits per heavy atom. The zero-order valence-electron chi connectivity index (χ0n) is 9.81. The molecule has 0 spiro atoms. The van der Waals surface area contributed by atoms with Crippen molar-refractivity contribution in [1.82, 2.24) is 4.98 Å². The zero-order chi connectivity index (χ0) is 12.0. The fourth-order valence-corrected chi connectivity index (χ4v) is 1.48. The van der Waals surface area contributed by atoms with E-state index < -0.39 is 0 Å². The van der Waals surface area contributed by atoms with Gasteiger partial charge in [-0.25, -0.2) is 0 Å². The Morgan fingerprint density at radius 1 is 1.50 bits per heavy atom. The van der Waals surface area contributed by atoms with Crippen LogP contribution >= 0.6 is 0 Å². The van der Waals surface area contributed by atoms with E-state index in [9.17, 15) is 0 Å². The van der Waals surface area contributed by atoms with Crippen molar-refractivity contribution in [3.8, 4) is 5.88 Å². The van der Waals surface area contributed by atoms with Crippen molar-refractivity contribution in [3.63, 3.8) is 0 Å². The van der Waals surface area contributed by atoms with Crippen LogP contribution in [0.5, 0.6) is 5.88 Å². The fraction of sp³-hybridized carbons (Fsp3) is 0.545. The molecule has 1 heterocycles. The summed E-state index contributed by atoms with van der Waals surface area (Å²) in [7, 11) is 1.58. The van der Waals surface area contributed by atoms with Gasteiger partial charge >= 0.3 is 0 Å². The molecule has 1 rings (SSSR count). The van der Waals surface area contributed by atoms with Gasteiger partial charge in [0.2, 0.25) is 5.88 Å². The molecule has 1 aromatic rings. The maximum atomic E-state index is 8.82. The summed E-state index contributed by atoms with van der Waals surface area (Å²) in [5.41, 5.74) is 6.50. The predicted molar refractivity (Wildman–Crippen MR) is 64.8 cm³/mol. The number of rotatable bonds is 6. The van der Waals surface area contributed by atoms with Crippen molar-refractivity contribution in [1.29, 1.82) is 0 Å². The minimum Gasteiger partial charge on any atom is -0.481 e. The minimum atomic E-state index is 0.167. The molecule has 16 heavy (non-hydrogen) atoms. The van der Waals surface area contributed by atoms with Crippen molar-refractivity contribution < 1.29 is 9.84 Å². The largest absolute Gasteiger partial charge is 0.481 e. The van der Waals surface area contributed by atoms with Crippen molar-refractivity contribution in [2.24, 2.45) is 0 Å². The van der Waals surface area contributed by atoms with E-state index in [0.29, 0.717) is 18.0 Å². The van der Waals surface area contributed by atoms with E-state index in [2.05, 4.69) is 4.98 Å². The van der Waals surface area contributed by atoms with Gasteiger partial charge in [-0.05, 0) is 19.4 Å². The first kappa shape index (κ1) is 12.6. The third-order valence-corrected chi connectivity index (χ3v) is 2.36. The average Bonchev–Trinajstić information content (AvgIpc) is 2.32. The summed E-state index contributed by atoms with van der Waals surface area (Å²) < 4.78 is 5.07. The molecule has 0 aliphatic heterocycles. The molecular weight excluding hydrogens is 206 g/mol. The van der Waals surface area contributed by atoms with E-state index in [1.165, 1.54) is 0 Å². The van der Waals surface area contributed by atoms with E-state index in [1.807, 2.05) is 11.8 Å². The monoisotopic (exact) mass is 225 g/mol. The molecule has 0 aromatic carbocycles. The Hall–Kier alpha value is -1.49. The fourth-order valence-electron chi connectivity index (χ4n) is 1.48. The number of aliphatic hydroxyl groups is 1. The highest BCUT2D eigenvalue weighted by Gasteiger charge is 2.10. The number of methoxy groups -OCH3 is 1. The van der Waals surface area contributed by atoms with Gasteiger partial charge in [-0.2, -0.15) is 4.98 Å². The number of ether oxygens (including phenoxy) is 1. The van der Waals surface area contributed by atoms with E-state index in [0.717, 1.165) is 18.9 Å². The smallest absolute Gasteiger partial charge is 0.215 e. The van der Waals surface area contributed by atoms with Gasteiger partial charge in [0.05, 0.1) is 12.8 Å². The molecule has 0 unspecified atom stereocenters. The quantitative estimate of drug-likeness (QED) is 0.752. The van der Waals surface area contributed by atoms with Crippen LogP contribution in [0.15, 0.2) is 12.1 Å². The third-order valence-electron chi connectivity index (χ3n) is 2.36. The normalized spacial score (nSPS) is 10.2. The molecule has 0 fully saturated rings. The lowest BCUT2D eigenvalue weighted by Crippen LogP contribution is -2.26. The standard InChI is InChI=1S/C11H19N3O2/c1-3-14(7-4-8-15)11-9(12)5-6-10(13-11)16-2/h5-6,15H,3-4,7-8,12H2,1-2H3. The van der Waals surface area contributed by atoms with E-state index >= 15 is 0 Å². The van der Waals surface area contributed by atoms with Gasteiger partial charge in [-0.3, -0.25) is 0 Å². The first-order valence-electron chi connectivity index (χ1n) is 5.39. The summed E-state index contributed by atoms with van der Waals surface area (Å²) in [6.45, 7) is 3.72. The van der Waals surface area contributed by atoms with Crippen LogP contribution in [0.4, 0.5) is 11.5 Å². The van der Waals surface area contributed by atoms with Crippen LogP contribution in [0, 0.1) is 0 Å². The van der Waals surface area contributed by atoms with Gasteiger partial charge in [0.15, 0.2) is 5.82 Å². The predicted octanol–water partition coefficient (Wildman–Crippen LogP) is 0.881. The molecule has 0 aliphatic carbocycles. The van der Waals surface area contributed by atoms with Gasteiger partial charge < -0.3 is 20.5 Å². The summed E-state index contributed by atoms with van der Waals surface area (Å²) >= 11 is 0. The van der Waals surface area contributed by atoms with Gasteiger partial charge in [0, 0.05) is 25.8 Å². The molecular formula is C11H19N3O2. The number of anilines is 2. The molecule has 0 amide bonds. The van der Waals surface area contributed by atoms with Crippen LogP contribution in [-0.4, -0.2) is 36.9 Å². The van der Waals surface area contributed by atoms with Crippen LogP contribution in [0.25, 0.3) is 0 Å². The lowest BCUT2D eigenvalue weighted by atomic mass is 10.3. The Kier molecular flexibility index (Phi) is 4.85. The SMILES string of the molecule is CCN(CCCO)c1nc(OC)ccc1N. The van der Waals surface area contributed by atoms with Crippen LogP contribution in [-0.2, 0) is 0 Å². The highest BCUT2D eigenvalue weighted by molar-refractivity contribution is 5.63. The van der Waals surface area contributed by atoms with Crippen molar-refractivity contribution in [2.75, 3.05) is 37.4 Å². The number of nitrogens with zero attached hydrogens (tertiary/aromatic N) is 2. The number of hydrogen-bond acceptors (Lipinski definition) is 5. The molecule has 0 atom stereocenters. The van der Waals surface area contributed by atoms with Gasteiger partial charge in [-0.15, -0.1) is 0 Å². The number of hydrogen-bond donors (Lipinski definition) is 2. The number of pyridine rings is 1. The van der Waals surface area contributed by atoms with E-state index in [4.69, 9.17) is 15.6 Å². The second-order valence-corrected chi connectivity index (χ2v) is 3.42. The van der Waals surface area contributed by atoms with E-state index in [-0.39, 0.29) is 6.61 Å². The second kappa shape index (κ2) is 6.17. The molecule has 90 valence electrons. The molecule has 0 saturated carbocycles. The van der Waals surface area contributed by atoms with Gasteiger partial charge in [-0.1, -0.05) is 0 Å². The Morgan fingerprint density at radius 2 is 2.25 bits per heavy atom. The van der Waals surface area contributed by atoms with Crippen LogP contribution < -0.4 is 15.4 Å². The molecule has 0 saturated heterocycles. The Balaban J connectivity index is 2.89. The molecule has 5 heteroatoms. The maximum Gasteiger partial charge on any atom is 0.215 e. The molecule has 0 bridgehead atoms. The summed E-state index contributed by atoms with van der Waals surface area (Å²) in [5, 5.41) is 8.82. The Bertz CT molecular complexity index is 331. The number of aromatic nitrogens is 1. The van der Waals surface area contributed by atoms with Crippen LogP contribution in [0.2, 0.25) is 0 Å². The number of aliphatic hydroxyl groups excluding tert-OH is 1. The molecule has 0 radical (unpaired) electrons. The zero-order valence-corrected chi connectivity index (χ0v) is 9.81. The van der Waals surface area contributed by atoms with E-state index in [1.54, 1.807) is 19.2 Å². The highest BCUT2D eigenvalue weighted by Crippen LogP contribution is 2.23. The first-order chi connectivity index (χ1) is 7.72. The molecule has 0 aliphatic rings. The Labute approximate surface area is 95.8 Å². The van der Waals surface area contributed by atoms with Gasteiger partial charge in [0.25, 0.3) is 0 Å². The second-order valence-electron chi connectivity index (χ2n) is 3.42. The third kappa shape index (κ3) is 3.00. The highest BCUT2D eigenvalue weighted by atomic mass is 16.5. The molecule has 3 N–H and O–H groups in total. The lowest BCUT2D eigenvalue weighted by molar-refractivity contribution is 0.289. The summed E-state index contributed by atoms with van der Waals surface area (Å²) in [6, 6.07) is 3.52. The van der Waals surface area contributed by atoms with Crippen LogP contribution in [0.1, 0.15) is 13.3 Å². The van der Waals surface area contributed by atoms with Crippen LogP contribution in [0.3, 0.4) is 0 Å². The number of nitrogen functional groups attached to an aromatic ring is 1. The topological polar surface area (TPSA) is 71.6 Å². The summed E-state index contributed by atoms with van der Waals surface area (Å²) in [6.07, 6.45) is 0.701. The molecule has 5 nitrogen and oxygen atoms in total. The first-order valence-corrected chi connectivity index (χ1v) is 5.39. The summed E-state index contributed by atoms with van der Waals surface area (Å²) in [4.78, 5) is 6.33. The molecule has 1 aromatic heterocycles. The van der Waals surface area contributed by atoms with Crippen molar-refractivity contribution >= 4 is 11.5 Å². The van der Waals surface area contributed by atoms with Gasteiger partial charge in [0.1, 0.15) is 0 Å². The van der Waals surface area contributed by atoms with Crippen molar-refractivity contribution in [2.45, 2.75) is 13.3 Å². The average molecular weight is 225 g/mol. The maximum absolute atomic E-state index is 8.82. The minimum absolute atomic E-state index is 0.167. The van der Waals surface area contributed by atoms with Crippen molar-refractivity contribution in [3.05, 3.63) is 12.1 Å².